The fourth-order valence-corrected chi connectivity index (χ4v) is 2.90. The lowest BCUT2D eigenvalue weighted by Crippen LogP contribution is -2.35. The predicted molar refractivity (Wildman–Crippen MR) is 113 cm³/mol. The van der Waals surface area contributed by atoms with Gasteiger partial charge in [0.2, 0.25) is 11.8 Å². The molecule has 1 heterocycles. The van der Waals surface area contributed by atoms with Crippen molar-refractivity contribution >= 4 is 34.8 Å². The zero-order chi connectivity index (χ0) is 21.0. The zero-order valence-corrected chi connectivity index (χ0v) is 16.6. The summed E-state index contributed by atoms with van der Waals surface area (Å²) in [6, 6.07) is 16.5. The van der Waals surface area contributed by atoms with Crippen LogP contribution in [0, 0.1) is 0 Å². The summed E-state index contributed by atoms with van der Waals surface area (Å²) in [7, 11) is 0. The molecule has 0 aliphatic heterocycles. The van der Waals surface area contributed by atoms with Gasteiger partial charge in [0, 0.05) is 12.5 Å². The molecule has 0 fully saturated rings. The number of nitrogens with zero attached hydrogens (tertiary/aromatic N) is 2. The first-order valence-electron chi connectivity index (χ1n) is 8.89. The molecule has 2 aromatic carbocycles. The number of para-hydroxylation sites is 1. The number of carbonyl (C=O) groups excluding carboxylic acids is 2. The number of nitrogens with one attached hydrogen (secondary N) is 2. The molecule has 7 nitrogen and oxygen atoms in total. The van der Waals surface area contributed by atoms with Crippen LogP contribution < -0.4 is 16.2 Å². The van der Waals surface area contributed by atoms with E-state index in [4.69, 9.17) is 11.6 Å². The van der Waals surface area contributed by atoms with Crippen molar-refractivity contribution in [3.63, 3.8) is 0 Å². The first kappa shape index (κ1) is 20.3. The number of carbonyl (C=O) groups is 2. The van der Waals surface area contributed by atoms with Crippen molar-refractivity contribution in [1.29, 1.82) is 0 Å². The third-order valence-corrected chi connectivity index (χ3v) is 4.52. The number of hydrogen-bond donors (Lipinski definition) is 2. The second-order valence-electron chi connectivity index (χ2n) is 6.39. The van der Waals surface area contributed by atoms with E-state index >= 15 is 0 Å². The van der Waals surface area contributed by atoms with Crippen molar-refractivity contribution in [2.24, 2.45) is 0 Å². The predicted octanol–water partition coefficient (Wildman–Crippen LogP) is 3.72. The Labute approximate surface area is 172 Å². The van der Waals surface area contributed by atoms with E-state index in [1.807, 2.05) is 30.3 Å². The first-order valence-corrected chi connectivity index (χ1v) is 9.27. The van der Waals surface area contributed by atoms with Crippen LogP contribution in [-0.4, -0.2) is 21.6 Å². The van der Waals surface area contributed by atoms with Gasteiger partial charge in [-0.2, -0.15) is 5.10 Å². The minimum Gasteiger partial charge on any atom is -0.323 e. The van der Waals surface area contributed by atoms with E-state index in [-0.39, 0.29) is 5.69 Å². The number of benzene rings is 2. The van der Waals surface area contributed by atoms with Crippen molar-refractivity contribution in [2.45, 2.75) is 19.9 Å². The largest absolute Gasteiger partial charge is 0.323 e. The van der Waals surface area contributed by atoms with Crippen molar-refractivity contribution in [1.82, 2.24) is 9.78 Å². The van der Waals surface area contributed by atoms with E-state index in [0.717, 1.165) is 10.2 Å². The summed E-state index contributed by atoms with van der Waals surface area (Å²) in [6.45, 7) is 2.85. The van der Waals surface area contributed by atoms with Gasteiger partial charge in [-0.25, -0.2) is 4.68 Å². The third kappa shape index (κ3) is 4.70. The Morgan fingerprint density at radius 1 is 1.00 bits per heavy atom. The van der Waals surface area contributed by atoms with Gasteiger partial charge in [0.15, 0.2) is 0 Å². The van der Waals surface area contributed by atoms with Gasteiger partial charge in [-0.3, -0.25) is 14.4 Å². The molecule has 29 heavy (non-hydrogen) atoms. The SMILES string of the molecule is CC(=O)Nc1cc(-c2ccccc2)nn(C(C)C(=O)Nc2ccccc2Cl)c1=O. The fraction of sp³-hybridized carbons (Fsp3) is 0.143. The summed E-state index contributed by atoms with van der Waals surface area (Å²) in [5.41, 5.74) is 1.09. The summed E-state index contributed by atoms with van der Waals surface area (Å²) >= 11 is 6.09. The quantitative estimate of drug-likeness (QED) is 0.670. The topological polar surface area (TPSA) is 93.1 Å². The number of anilines is 2. The van der Waals surface area contributed by atoms with E-state index in [1.165, 1.54) is 13.0 Å². The maximum atomic E-state index is 12.8. The molecular weight excluding hydrogens is 392 g/mol. The Kier molecular flexibility index (Phi) is 6.09. The van der Waals surface area contributed by atoms with E-state index in [1.54, 1.807) is 31.2 Å². The molecule has 148 valence electrons. The lowest BCUT2D eigenvalue weighted by Gasteiger charge is -2.17. The van der Waals surface area contributed by atoms with Gasteiger partial charge in [0.1, 0.15) is 11.7 Å². The fourth-order valence-electron chi connectivity index (χ4n) is 2.71. The summed E-state index contributed by atoms with van der Waals surface area (Å²) in [5, 5.41) is 9.94. The monoisotopic (exact) mass is 410 g/mol. The lowest BCUT2D eigenvalue weighted by molar-refractivity contribution is -0.119. The molecule has 3 aromatic rings. The first-order chi connectivity index (χ1) is 13.9. The molecule has 0 bridgehead atoms. The normalized spacial score (nSPS) is 11.6. The van der Waals surface area contributed by atoms with Crippen molar-refractivity contribution < 1.29 is 9.59 Å². The van der Waals surface area contributed by atoms with E-state index in [2.05, 4.69) is 15.7 Å². The highest BCUT2D eigenvalue weighted by Gasteiger charge is 2.21. The maximum absolute atomic E-state index is 12.8. The second-order valence-corrected chi connectivity index (χ2v) is 6.79. The van der Waals surface area contributed by atoms with Crippen molar-refractivity contribution in [2.75, 3.05) is 10.6 Å². The molecule has 0 aliphatic carbocycles. The number of halogens is 1. The van der Waals surface area contributed by atoms with E-state index in [9.17, 15) is 14.4 Å². The van der Waals surface area contributed by atoms with Gasteiger partial charge in [0.25, 0.3) is 5.56 Å². The summed E-state index contributed by atoms with van der Waals surface area (Å²) in [5.74, 6) is -0.862. The van der Waals surface area contributed by atoms with Crippen LogP contribution in [0.3, 0.4) is 0 Å². The molecule has 1 aromatic heterocycles. The summed E-state index contributed by atoms with van der Waals surface area (Å²) in [4.78, 5) is 37.1. The summed E-state index contributed by atoms with van der Waals surface area (Å²) < 4.78 is 1.06. The highest BCUT2D eigenvalue weighted by atomic mass is 35.5. The van der Waals surface area contributed by atoms with Crippen molar-refractivity contribution in [3.05, 3.63) is 76.0 Å². The van der Waals surface area contributed by atoms with Crippen LogP contribution in [0.25, 0.3) is 11.3 Å². The van der Waals surface area contributed by atoms with Gasteiger partial charge in [-0.1, -0.05) is 54.1 Å². The Balaban J connectivity index is 2.02. The van der Waals surface area contributed by atoms with Gasteiger partial charge in [-0.05, 0) is 25.1 Å². The highest BCUT2D eigenvalue weighted by Crippen LogP contribution is 2.22. The Morgan fingerprint density at radius 3 is 2.31 bits per heavy atom. The molecule has 0 saturated carbocycles. The van der Waals surface area contributed by atoms with Crippen LogP contribution in [0.5, 0.6) is 0 Å². The molecular formula is C21H19ClN4O3. The van der Waals surface area contributed by atoms with Gasteiger partial charge < -0.3 is 10.6 Å². The molecule has 0 aliphatic rings. The maximum Gasteiger partial charge on any atom is 0.291 e. The van der Waals surface area contributed by atoms with Gasteiger partial charge in [0.05, 0.1) is 16.4 Å². The Hall–Kier alpha value is -3.45. The Morgan fingerprint density at radius 2 is 1.66 bits per heavy atom. The number of hydrogen-bond acceptors (Lipinski definition) is 4. The molecule has 0 radical (unpaired) electrons. The summed E-state index contributed by atoms with van der Waals surface area (Å²) in [6.07, 6.45) is 0. The van der Waals surface area contributed by atoms with E-state index in [0.29, 0.717) is 16.4 Å². The average Bonchev–Trinajstić information content (AvgIpc) is 2.71. The smallest absolute Gasteiger partial charge is 0.291 e. The standard InChI is InChI=1S/C21H19ClN4O3/c1-13(20(28)24-17-11-7-6-10-16(17)22)26-21(29)19(23-14(2)27)12-18(25-26)15-8-4-3-5-9-15/h3-13H,1-2H3,(H,23,27)(H,24,28). The van der Waals surface area contributed by atoms with Crippen LogP contribution >= 0.6 is 11.6 Å². The average molecular weight is 411 g/mol. The molecule has 8 heteroatoms. The van der Waals surface area contributed by atoms with E-state index < -0.39 is 23.4 Å². The van der Waals surface area contributed by atoms with Crippen LogP contribution in [0.15, 0.2) is 65.5 Å². The second kappa shape index (κ2) is 8.70. The van der Waals surface area contributed by atoms with Crippen LogP contribution in [0.4, 0.5) is 11.4 Å². The van der Waals surface area contributed by atoms with Gasteiger partial charge in [-0.15, -0.1) is 0 Å². The van der Waals surface area contributed by atoms with Gasteiger partial charge >= 0.3 is 0 Å². The lowest BCUT2D eigenvalue weighted by atomic mass is 10.1. The van der Waals surface area contributed by atoms with Crippen LogP contribution in [-0.2, 0) is 9.59 Å². The molecule has 1 unspecified atom stereocenters. The van der Waals surface area contributed by atoms with Crippen LogP contribution in [0.1, 0.15) is 19.9 Å². The van der Waals surface area contributed by atoms with Crippen LogP contribution in [0.2, 0.25) is 5.02 Å². The molecule has 0 spiro atoms. The molecule has 2 amide bonds. The zero-order valence-electron chi connectivity index (χ0n) is 15.8. The Bertz CT molecular complexity index is 1110. The number of aromatic nitrogens is 2. The number of amides is 2. The third-order valence-electron chi connectivity index (χ3n) is 4.19. The molecule has 2 N–H and O–H groups in total. The van der Waals surface area contributed by atoms with Crippen molar-refractivity contribution in [3.8, 4) is 11.3 Å². The highest BCUT2D eigenvalue weighted by molar-refractivity contribution is 6.33. The molecule has 1 atom stereocenters. The molecule has 3 rings (SSSR count). The minimum absolute atomic E-state index is 0.0451. The minimum atomic E-state index is -0.949. The molecule has 0 saturated heterocycles. The number of rotatable bonds is 5.